The second kappa shape index (κ2) is 6.13. The Balaban J connectivity index is 2.21. The van der Waals surface area contributed by atoms with Crippen molar-refractivity contribution in [3.8, 4) is 0 Å². The summed E-state index contributed by atoms with van der Waals surface area (Å²) in [6.07, 6.45) is 0.564. The fourth-order valence-corrected chi connectivity index (χ4v) is 2.13. The molecule has 0 radical (unpaired) electrons. The van der Waals surface area contributed by atoms with Crippen LogP contribution < -0.4 is 5.32 Å². The van der Waals surface area contributed by atoms with Crippen LogP contribution in [-0.2, 0) is 6.42 Å². The van der Waals surface area contributed by atoms with Crippen LogP contribution in [0.25, 0.3) is 0 Å². The van der Waals surface area contributed by atoms with Gasteiger partial charge in [-0.05, 0) is 48.9 Å². The largest absolute Gasteiger partial charge is 0.313 e. The van der Waals surface area contributed by atoms with Crippen molar-refractivity contribution in [3.05, 3.63) is 70.2 Å². The van der Waals surface area contributed by atoms with E-state index in [9.17, 15) is 8.78 Å². The Morgan fingerprint density at radius 3 is 2.58 bits per heavy atom. The van der Waals surface area contributed by atoms with E-state index in [1.54, 1.807) is 19.2 Å². The molecule has 0 aliphatic rings. The highest BCUT2D eigenvalue weighted by Gasteiger charge is 2.12. The first-order valence-electron chi connectivity index (χ1n) is 5.97. The van der Waals surface area contributed by atoms with Crippen LogP contribution in [0.1, 0.15) is 17.2 Å². The van der Waals surface area contributed by atoms with Gasteiger partial charge in [-0.3, -0.25) is 0 Å². The lowest BCUT2D eigenvalue weighted by atomic mass is 9.99. The van der Waals surface area contributed by atoms with Crippen molar-refractivity contribution in [2.75, 3.05) is 7.05 Å². The fraction of sp³-hybridized carbons (Fsp3) is 0.200. The minimum Gasteiger partial charge on any atom is -0.313 e. The monoisotopic (exact) mass is 281 g/mol. The molecule has 1 nitrogen and oxygen atoms in total. The molecule has 0 saturated heterocycles. The average Bonchev–Trinajstić information content (AvgIpc) is 2.40. The molecule has 0 amide bonds. The van der Waals surface area contributed by atoms with Crippen LogP contribution in [0.2, 0.25) is 5.02 Å². The van der Waals surface area contributed by atoms with Gasteiger partial charge in [-0.25, -0.2) is 8.78 Å². The smallest absolute Gasteiger partial charge is 0.142 e. The predicted molar refractivity (Wildman–Crippen MR) is 73.3 cm³/mol. The van der Waals surface area contributed by atoms with Crippen LogP contribution in [0, 0.1) is 11.6 Å². The Hall–Kier alpha value is -1.45. The first-order chi connectivity index (χ1) is 9.10. The molecular formula is C15H14ClF2N. The lowest BCUT2D eigenvalue weighted by Crippen LogP contribution is -2.19. The number of hydrogen-bond donors (Lipinski definition) is 1. The van der Waals surface area contributed by atoms with E-state index in [1.807, 2.05) is 6.07 Å². The van der Waals surface area contributed by atoms with Gasteiger partial charge in [-0.1, -0.05) is 29.8 Å². The first kappa shape index (κ1) is 14.0. The Labute approximate surface area is 116 Å². The van der Waals surface area contributed by atoms with Gasteiger partial charge in [-0.15, -0.1) is 0 Å². The summed E-state index contributed by atoms with van der Waals surface area (Å²) in [7, 11) is 1.79. The second-order valence-electron chi connectivity index (χ2n) is 4.35. The van der Waals surface area contributed by atoms with Crippen LogP contribution in [0.4, 0.5) is 8.78 Å². The predicted octanol–water partition coefficient (Wildman–Crippen LogP) is 4.12. The van der Waals surface area contributed by atoms with E-state index in [1.165, 1.54) is 24.3 Å². The summed E-state index contributed by atoms with van der Waals surface area (Å²) in [5.41, 5.74) is 1.64. The Morgan fingerprint density at radius 2 is 1.95 bits per heavy atom. The Kier molecular flexibility index (Phi) is 4.51. The molecule has 100 valence electrons. The molecule has 0 aliphatic carbocycles. The van der Waals surface area contributed by atoms with Crippen molar-refractivity contribution >= 4 is 11.6 Å². The molecule has 2 aromatic rings. The normalized spacial score (nSPS) is 12.4. The summed E-state index contributed by atoms with van der Waals surface area (Å²) in [4.78, 5) is 0. The maximum absolute atomic E-state index is 13.4. The van der Waals surface area contributed by atoms with E-state index in [4.69, 9.17) is 11.6 Å². The summed E-state index contributed by atoms with van der Waals surface area (Å²) >= 11 is 5.65. The van der Waals surface area contributed by atoms with Gasteiger partial charge >= 0.3 is 0 Å². The molecule has 0 heterocycles. The van der Waals surface area contributed by atoms with Crippen LogP contribution in [0.15, 0.2) is 42.5 Å². The molecule has 4 heteroatoms. The zero-order chi connectivity index (χ0) is 13.8. The summed E-state index contributed by atoms with van der Waals surface area (Å²) in [6, 6.07) is 11.0. The fourth-order valence-electron chi connectivity index (χ4n) is 2.01. The highest BCUT2D eigenvalue weighted by atomic mass is 35.5. The van der Waals surface area contributed by atoms with Gasteiger partial charge < -0.3 is 5.32 Å². The molecule has 0 saturated carbocycles. The lowest BCUT2D eigenvalue weighted by Gasteiger charge is -2.17. The van der Waals surface area contributed by atoms with Crippen molar-refractivity contribution in [1.82, 2.24) is 5.32 Å². The van der Waals surface area contributed by atoms with E-state index >= 15 is 0 Å². The highest BCUT2D eigenvalue weighted by molar-refractivity contribution is 6.30. The number of halogens is 3. The molecule has 1 N–H and O–H groups in total. The SMILES string of the molecule is CNC(Cc1ccc(Cl)c(F)c1)c1cccc(F)c1. The second-order valence-corrected chi connectivity index (χ2v) is 4.76. The van der Waals surface area contributed by atoms with E-state index in [0.29, 0.717) is 6.42 Å². The van der Waals surface area contributed by atoms with Gasteiger partial charge in [0, 0.05) is 6.04 Å². The Morgan fingerprint density at radius 1 is 1.16 bits per heavy atom. The molecule has 0 bridgehead atoms. The third-order valence-electron chi connectivity index (χ3n) is 3.02. The third kappa shape index (κ3) is 3.52. The van der Waals surface area contributed by atoms with Crippen molar-refractivity contribution in [2.45, 2.75) is 12.5 Å². The quantitative estimate of drug-likeness (QED) is 0.889. The Bertz CT molecular complexity index is 572. The molecule has 0 aromatic heterocycles. The lowest BCUT2D eigenvalue weighted by molar-refractivity contribution is 0.572. The summed E-state index contributed by atoms with van der Waals surface area (Å²) in [6.45, 7) is 0. The summed E-state index contributed by atoms with van der Waals surface area (Å²) in [5, 5.41) is 3.21. The van der Waals surface area contributed by atoms with E-state index in [0.717, 1.165) is 11.1 Å². The number of benzene rings is 2. The van der Waals surface area contributed by atoms with Crippen molar-refractivity contribution in [2.24, 2.45) is 0 Å². The average molecular weight is 282 g/mol. The third-order valence-corrected chi connectivity index (χ3v) is 3.33. The molecule has 0 fully saturated rings. The summed E-state index contributed by atoms with van der Waals surface area (Å²) < 4.78 is 26.6. The standard InChI is InChI=1S/C15H14ClF2N/c1-19-15(11-3-2-4-12(17)9-11)8-10-5-6-13(16)14(18)7-10/h2-7,9,15,19H,8H2,1H3. The number of hydrogen-bond acceptors (Lipinski definition) is 1. The molecule has 19 heavy (non-hydrogen) atoms. The van der Waals surface area contributed by atoms with E-state index in [2.05, 4.69) is 5.32 Å². The van der Waals surface area contributed by atoms with Gasteiger partial charge in [0.25, 0.3) is 0 Å². The molecular weight excluding hydrogens is 268 g/mol. The van der Waals surface area contributed by atoms with Crippen LogP contribution >= 0.6 is 11.6 Å². The maximum atomic E-state index is 13.4. The number of rotatable bonds is 4. The van der Waals surface area contributed by atoms with Crippen molar-refractivity contribution in [3.63, 3.8) is 0 Å². The minimum atomic E-state index is -0.437. The first-order valence-corrected chi connectivity index (χ1v) is 6.34. The minimum absolute atomic E-state index is 0.0729. The van der Waals surface area contributed by atoms with Gasteiger partial charge in [0.15, 0.2) is 0 Å². The molecule has 1 atom stereocenters. The number of likely N-dealkylation sites (N-methyl/N-ethyl adjacent to an activating group) is 1. The van der Waals surface area contributed by atoms with Crippen LogP contribution in [0.3, 0.4) is 0 Å². The zero-order valence-corrected chi connectivity index (χ0v) is 11.2. The topological polar surface area (TPSA) is 12.0 Å². The molecule has 0 aliphatic heterocycles. The number of nitrogens with one attached hydrogen (secondary N) is 1. The van der Waals surface area contributed by atoms with Gasteiger partial charge in [-0.2, -0.15) is 0 Å². The zero-order valence-electron chi connectivity index (χ0n) is 10.5. The van der Waals surface area contributed by atoms with Gasteiger partial charge in [0.05, 0.1) is 5.02 Å². The van der Waals surface area contributed by atoms with E-state index in [-0.39, 0.29) is 16.9 Å². The van der Waals surface area contributed by atoms with E-state index < -0.39 is 5.82 Å². The summed E-state index contributed by atoms with van der Waals surface area (Å²) in [5.74, 6) is -0.715. The van der Waals surface area contributed by atoms with Gasteiger partial charge in [0.2, 0.25) is 0 Å². The highest BCUT2D eigenvalue weighted by Crippen LogP contribution is 2.22. The molecule has 0 spiro atoms. The molecule has 2 aromatic carbocycles. The van der Waals surface area contributed by atoms with Gasteiger partial charge in [0.1, 0.15) is 11.6 Å². The molecule has 1 unspecified atom stereocenters. The van der Waals surface area contributed by atoms with Crippen LogP contribution in [0.5, 0.6) is 0 Å². The molecule has 2 rings (SSSR count). The van der Waals surface area contributed by atoms with Crippen LogP contribution in [-0.4, -0.2) is 7.05 Å². The van der Waals surface area contributed by atoms with Crippen molar-refractivity contribution in [1.29, 1.82) is 0 Å². The van der Waals surface area contributed by atoms with Crippen molar-refractivity contribution < 1.29 is 8.78 Å². The maximum Gasteiger partial charge on any atom is 0.142 e.